The maximum atomic E-state index is 11.1. The van der Waals surface area contributed by atoms with Gasteiger partial charge in [-0.1, -0.05) is 6.92 Å². The number of carboxylic acids is 1. The van der Waals surface area contributed by atoms with Gasteiger partial charge in [0.2, 0.25) is 10.0 Å². The summed E-state index contributed by atoms with van der Waals surface area (Å²) in [5.74, 6) is -0.209. The molecule has 0 unspecified atom stereocenters. The Morgan fingerprint density at radius 1 is 1.43 bits per heavy atom. The van der Waals surface area contributed by atoms with Gasteiger partial charge in [0.05, 0.1) is 22.9 Å². The molecule has 0 atom stereocenters. The molecule has 114 valence electrons. The van der Waals surface area contributed by atoms with Crippen molar-refractivity contribution >= 4 is 27.0 Å². The second-order valence-corrected chi connectivity index (χ2v) is 6.54. The van der Waals surface area contributed by atoms with E-state index in [1.807, 2.05) is 11.5 Å². The van der Waals surface area contributed by atoms with Crippen LogP contribution in [0.4, 0.5) is 0 Å². The molecule has 1 aromatic heterocycles. The van der Waals surface area contributed by atoms with Crippen molar-refractivity contribution in [2.75, 3.05) is 12.8 Å². The van der Waals surface area contributed by atoms with E-state index in [1.54, 1.807) is 12.1 Å². The predicted molar refractivity (Wildman–Crippen MR) is 78.9 cm³/mol. The Morgan fingerprint density at radius 2 is 2.14 bits per heavy atom. The third-order valence-corrected chi connectivity index (χ3v) is 3.82. The van der Waals surface area contributed by atoms with Gasteiger partial charge >= 0.3 is 5.97 Å². The topological polar surface area (TPSA) is 101 Å². The van der Waals surface area contributed by atoms with E-state index in [1.165, 1.54) is 6.07 Å². The van der Waals surface area contributed by atoms with Crippen molar-refractivity contribution in [1.82, 2.24) is 14.3 Å². The van der Waals surface area contributed by atoms with Crippen LogP contribution in [0.3, 0.4) is 0 Å². The zero-order valence-electron chi connectivity index (χ0n) is 11.8. The summed E-state index contributed by atoms with van der Waals surface area (Å²) in [6.45, 7) is 2.57. The van der Waals surface area contributed by atoms with Gasteiger partial charge in [-0.15, -0.1) is 0 Å². The maximum absolute atomic E-state index is 11.1. The first kappa shape index (κ1) is 15.5. The smallest absolute Gasteiger partial charge is 0.335 e. The highest BCUT2D eigenvalue weighted by Gasteiger charge is 2.12. The van der Waals surface area contributed by atoms with Crippen molar-refractivity contribution in [3.63, 3.8) is 0 Å². The molecule has 2 rings (SSSR count). The molecule has 1 aromatic carbocycles. The number of rotatable bonds is 6. The highest BCUT2D eigenvalue weighted by Crippen LogP contribution is 2.18. The van der Waals surface area contributed by atoms with Gasteiger partial charge in [0.1, 0.15) is 5.82 Å². The van der Waals surface area contributed by atoms with Gasteiger partial charge in [0.25, 0.3) is 0 Å². The molecule has 0 amide bonds. The van der Waals surface area contributed by atoms with Crippen LogP contribution < -0.4 is 4.72 Å². The first-order valence-corrected chi connectivity index (χ1v) is 8.38. The fraction of sp³-hybridized carbons (Fsp3) is 0.385. The molecule has 0 aliphatic carbocycles. The molecule has 0 aliphatic heterocycles. The summed E-state index contributed by atoms with van der Waals surface area (Å²) < 4.78 is 26.5. The molecular weight excluding hydrogens is 294 g/mol. The minimum absolute atomic E-state index is 0.183. The normalized spacial score (nSPS) is 11.9. The van der Waals surface area contributed by atoms with Gasteiger partial charge in [0, 0.05) is 19.5 Å². The van der Waals surface area contributed by atoms with Crippen LogP contribution in [0.25, 0.3) is 11.0 Å². The average Bonchev–Trinajstić information content (AvgIpc) is 2.74. The number of carboxylic acid groups (broad SMARTS) is 1. The fourth-order valence-electron chi connectivity index (χ4n) is 2.17. The van der Waals surface area contributed by atoms with Gasteiger partial charge in [-0.05, 0) is 18.2 Å². The van der Waals surface area contributed by atoms with Gasteiger partial charge in [-0.3, -0.25) is 0 Å². The van der Waals surface area contributed by atoms with E-state index < -0.39 is 16.0 Å². The number of benzene rings is 1. The fourth-order valence-corrected chi connectivity index (χ4v) is 2.63. The van der Waals surface area contributed by atoms with Gasteiger partial charge < -0.3 is 9.67 Å². The van der Waals surface area contributed by atoms with Crippen LogP contribution in [-0.4, -0.2) is 41.8 Å². The number of aromatic carboxylic acids is 1. The largest absolute Gasteiger partial charge is 0.478 e. The van der Waals surface area contributed by atoms with E-state index in [0.717, 1.165) is 12.1 Å². The molecule has 0 fully saturated rings. The number of aryl methyl sites for hydroxylation is 1. The molecule has 0 aliphatic rings. The van der Waals surface area contributed by atoms with Crippen LogP contribution in [0, 0.1) is 0 Å². The van der Waals surface area contributed by atoms with Crippen molar-refractivity contribution in [3.8, 4) is 0 Å². The molecular formula is C13H17N3O4S. The van der Waals surface area contributed by atoms with Crippen molar-refractivity contribution in [1.29, 1.82) is 0 Å². The third-order valence-electron chi connectivity index (χ3n) is 3.09. The summed E-state index contributed by atoms with van der Waals surface area (Å²) in [6.07, 6.45) is 1.78. The highest BCUT2D eigenvalue weighted by atomic mass is 32.2. The molecule has 2 N–H and O–H groups in total. The lowest BCUT2D eigenvalue weighted by Gasteiger charge is -2.08. The van der Waals surface area contributed by atoms with E-state index in [2.05, 4.69) is 9.71 Å². The summed E-state index contributed by atoms with van der Waals surface area (Å²) in [5.41, 5.74) is 1.58. The number of fused-ring (bicyclic) bond motifs is 1. The second-order valence-electron chi connectivity index (χ2n) is 4.71. The molecule has 0 bridgehead atoms. The first-order chi connectivity index (χ1) is 9.81. The molecule has 0 saturated heterocycles. The standard InChI is InChI=1S/C13H17N3O4S/c1-3-12-15-10-5-4-9(13(17)18)8-11(10)16(12)7-6-14-21(2,19)20/h4-5,8,14H,3,6-7H2,1-2H3,(H,17,18). The Labute approximate surface area is 122 Å². The maximum Gasteiger partial charge on any atom is 0.335 e. The summed E-state index contributed by atoms with van der Waals surface area (Å²) in [4.78, 5) is 15.5. The van der Waals surface area contributed by atoms with E-state index in [-0.39, 0.29) is 12.1 Å². The van der Waals surface area contributed by atoms with Gasteiger partial charge in [-0.2, -0.15) is 0 Å². The molecule has 1 heterocycles. The van der Waals surface area contributed by atoms with Crippen molar-refractivity contribution in [3.05, 3.63) is 29.6 Å². The Balaban J connectivity index is 2.39. The van der Waals surface area contributed by atoms with Crippen LogP contribution in [0.5, 0.6) is 0 Å². The van der Waals surface area contributed by atoms with Crippen molar-refractivity contribution < 1.29 is 18.3 Å². The number of nitrogens with one attached hydrogen (secondary N) is 1. The lowest BCUT2D eigenvalue weighted by atomic mass is 10.2. The van der Waals surface area contributed by atoms with Crippen LogP contribution >= 0.6 is 0 Å². The van der Waals surface area contributed by atoms with Crippen molar-refractivity contribution in [2.24, 2.45) is 0 Å². The second kappa shape index (κ2) is 5.82. The summed E-state index contributed by atoms with van der Waals surface area (Å²) in [7, 11) is -3.25. The number of carbonyl (C=O) groups is 1. The Hall–Kier alpha value is -1.93. The van der Waals surface area contributed by atoms with E-state index >= 15 is 0 Å². The average molecular weight is 311 g/mol. The minimum Gasteiger partial charge on any atom is -0.478 e. The number of sulfonamides is 1. The zero-order chi connectivity index (χ0) is 15.6. The summed E-state index contributed by atoms with van der Waals surface area (Å²) in [5, 5.41) is 9.06. The van der Waals surface area contributed by atoms with Crippen LogP contribution in [-0.2, 0) is 23.0 Å². The van der Waals surface area contributed by atoms with Crippen LogP contribution in [0.15, 0.2) is 18.2 Å². The Kier molecular flexibility index (Phi) is 4.29. The number of imidazole rings is 1. The monoisotopic (exact) mass is 311 g/mol. The molecule has 7 nitrogen and oxygen atoms in total. The minimum atomic E-state index is -3.25. The highest BCUT2D eigenvalue weighted by molar-refractivity contribution is 7.88. The summed E-state index contributed by atoms with van der Waals surface area (Å²) in [6, 6.07) is 4.74. The quantitative estimate of drug-likeness (QED) is 0.823. The Morgan fingerprint density at radius 3 is 2.71 bits per heavy atom. The molecule has 8 heteroatoms. The molecule has 0 radical (unpaired) electrons. The third kappa shape index (κ3) is 3.59. The first-order valence-electron chi connectivity index (χ1n) is 6.49. The number of nitrogens with zero attached hydrogens (tertiary/aromatic N) is 2. The van der Waals surface area contributed by atoms with E-state index in [0.29, 0.717) is 24.0 Å². The van der Waals surface area contributed by atoms with Crippen molar-refractivity contribution in [2.45, 2.75) is 19.9 Å². The number of hydrogen-bond acceptors (Lipinski definition) is 4. The molecule has 2 aromatic rings. The number of hydrogen-bond donors (Lipinski definition) is 2. The van der Waals surface area contributed by atoms with E-state index in [9.17, 15) is 13.2 Å². The summed E-state index contributed by atoms with van der Waals surface area (Å²) >= 11 is 0. The molecule has 0 spiro atoms. The van der Waals surface area contributed by atoms with Crippen LogP contribution in [0.2, 0.25) is 0 Å². The van der Waals surface area contributed by atoms with Crippen LogP contribution in [0.1, 0.15) is 23.1 Å². The number of aromatic nitrogens is 2. The molecule has 0 saturated carbocycles. The van der Waals surface area contributed by atoms with Gasteiger partial charge in [0.15, 0.2) is 0 Å². The lowest BCUT2D eigenvalue weighted by Crippen LogP contribution is -2.26. The lowest BCUT2D eigenvalue weighted by molar-refractivity contribution is 0.0697. The molecule has 21 heavy (non-hydrogen) atoms. The SMILES string of the molecule is CCc1nc2ccc(C(=O)O)cc2n1CCNS(C)(=O)=O. The zero-order valence-corrected chi connectivity index (χ0v) is 12.6. The Bertz CT molecular complexity index is 780. The predicted octanol–water partition coefficient (Wildman–Crippen LogP) is 0.846. The van der Waals surface area contributed by atoms with E-state index in [4.69, 9.17) is 5.11 Å². The van der Waals surface area contributed by atoms with Gasteiger partial charge in [-0.25, -0.2) is 22.9 Å².